The van der Waals surface area contributed by atoms with Gasteiger partial charge in [-0.25, -0.2) is 0 Å². The normalized spacial score (nSPS) is 13.8. The first kappa shape index (κ1) is 54.2. The summed E-state index contributed by atoms with van der Waals surface area (Å²) in [6.07, 6.45) is 16.1. The zero-order valence-electron chi connectivity index (χ0n) is 51.4. The largest absolute Gasteiger partial charge is 0.455 e. The van der Waals surface area contributed by atoms with E-state index in [4.69, 9.17) is 8.83 Å². The molecule has 0 aliphatic heterocycles. The van der Waals surface area contributed by atoms with Crippen LogP contribution in [0.4, 0.5) is 0 Å². The molecule has 0 fully saturated rings. The fourth-order valence-electron chi connectivity index (χ4n) is 15.0. The number of allylic oxidation sites excluding steroid dienone is 7. The van der Waals surface area contributed by atoms with E-state index in [1.165, 1.54) is 43.4 Å². The smallest absolute Gasteiger partial charge is 0.143 e. The van der Waals surface area contributed by atoms with E-state index < -0.39 is 0 Å². The lowest BCUT2D eigenvalue weighted by Crippen LogP contribution is -1.97. The van der Waals surface area contributed by atoms with Gasteiger partial charge in [0, 0.05) is 66.2 Å². The molecular formula is C90H61NO2. The van der Waals surface area contributed by atoms with Crippen LogP contribution in [0.3, 0.4) is 0 Å². The van der Waals surface area contributed by atoms with Gasteiger partial charge in [-0.3, -0.25) is 0 Å². The highest BCUT2D eigenvalue weighted by Crippen LogP contribution is 2.49. The van der Waals surface area contributed by atoms with Gasteiger partial charge >= 0.3 is 0 Å². The SMILES string of the molecule is C=C/C=C\C(C)c1cc(-c2ccc3c4ccc(-c5cc(-c6ccccc6)cc6c5oc5c(-c7ccccc7)cc(-c7ccccc7)cc56)cc4n(-c4ccc5c6ccccc6c6ccccc6c5c4)c3c2)c2oc3c(-c4ccccc4)cc(C4C=CC=CC4)cc3c2c1. The fourth-order valence-corrected chi connectivity index (χ4v) is 15.0. The Hall–Kier alpha value is -11.8. The zero-order chi connectivity index (χ0) is 61.7. The van der Waals surface area contributed by atoms with Gasteiger partial charge in [0.15, 0.2) is 0 Å². The molecule has 1 aliphatic rings. The summed E-state index contributed by atoms with van der Waals surface area (Å²) in [4.78, 5) is 0. The van der Waals surface area contributed by atoms with Crippen molar-refractivity contribution in [1.29, 1.82) is 0 Å². The van der Waals surface area contributed by atoms with Crippen molar-refractivity contribution in [1.82, 2.24) is 4.57 Å². The third kappa shape index (κ3) is 9.02. The average molecular weight is 1190 g/mol. The van der Waals surface area contributed by atoms with Gasteiger partial charge in [0.2, 0.25) is 0 Å². The van der Waals surface area contributed by atoms with Gasteiger partial charge in [-0.2, -0.15) is 0 Å². The highest BCUT2D eigenvalue weighted by Gasteiger charge is 2.26. The fraction of sp³-hybridized carbons (Fsp3) is 0.0444. The van der Waals surface area contributed by atoms with Crippen molar-refractivity contribution in [2.75, 3.05) is 0 Å². The van der Waals surface area contributed by atoms with Crippen LogP contribution < -0.4 is 0 Å². The molecule has 3 heteroatoms. The number of benzene rings is 14. The summed E-state index contributed by atoms with van der Waals surface area (Å²) in [5, 5.41) is 14.1. The summed E-state index contributed by atoms with van der Waals surface area (Å²) in [7, 11) is 0. The van der Waals surface area contributed by atoms with Crippen molar-refractivity contribution >= 4 is 98.0 Å². The maximum absolute atomic E-state index is 7.43. The Morgan fingerprint density at radius 1 is 0.366 bits per heavy atom. The minimum absolute atomic E-state index is 0.0888. The molecule has 0 radical (unpaired) electrons. The topological polar surface area (TPSA) is 31.2 Å². The van der Waals surface area contributed by atoms with Crippen LogP contribution in [0.1, 0.15) is 36.3 Å². The second-order valence-corrected chi connectivity index (χ2v) is 25.0. The van der Waals surface area contributed by atoms with E-state index in [0.29, 0.717) is 0 Å². The summed E-state index contributed by atoms with van der Waals surface area (Å²) in [5.74, 6) is 0.338. The van der Waals surface area contributed by atoms with Gasteiger partial charge in [0.05, 0.1) is 11.0 Å². The van der Waals surface area contributed by atoms with Crippen molar-refractivity contribution < 1.29 is 8.83 Å². The maximum Gasteiger partial charge on any atom is 0.143 e. The molecule has 17 aromatic rings. The van der Waals surface area contributed by atoms with E-state index in [1.54, 1.807) is 0 Å². The highest BCUT2D eigenvalue weighted by molar-refractivity contribution is 6.26. The van der Waals surface area contributed by atoms with Crippen LogP contribution in [-0.2, 0) is 0 Å². The molecule has 0 saturated carbocycles. The number of fused-ring (bicyclic) bond motifs is 15. The molecule has 0 N–H and O–H groups in total. The van der Waals surface area contributed by atoms with Crippen LogP contribution in [-0.4, -0.2) is 4.57 Å². The van der Waals surface area contributed by atoms with Crippen molar-refractivity contribution in [2.45, 2.75) is 25.2 Å². The molecule has 0 saturated heterocycles. The van der Waals surface area contributed by atoms with E-state index in [0.717, 1.165) is 145 Å². The Morgan fingerprint density at radius 3 is 1.32 bits per heavy atom. The molecule has 3 heterocycles. The standard InChI is InChI=1S/C90H61NO2/c1-3-4-24-56(2)64-45-78(89-81(46-64)82-50-65(57-25-10-5-11-26-57)47-76(87(82)92-89)60-31-16-8-17-32-60)62-39-42-74-75-43-40-63(54-86(75)91(85(74)53-62)68-41-44-73-71-37-21-20-35-69(71)70-36-22-23-38-72(70)80(73)55-68)79-49-67(59-29-14-7-15-30-59)52-84-83-51-66(58-27-12-6-13-28-58)48-77(88(83)93-90(79)84)61-33-18-9-19-34-61/h3-25,27-57H,1,26H2,2H3/b24-4-. The lowest BCUT2D eigenvalue weighted by Gasteiger charge is -2.15. The van der Waals surface area contributed by atoms with Crippen LogP contribution in [0.2, 0.25) is 0 Å². The number of aromatic nitrogens is 1. The average Bonchev–Trinajstić information content (AvgIpc) is 1.66. The molecule has 18 rings (SSSR count). The molecule has 0 bridgehead atoms. The molecule has 3 aromatic heterocycles. The molecule has 2 unspecified atom stereocenters. The van der Waals surface area contributed by atoms with Crippen molar-refractivity contribution in [3.63, 3.8) is 0 Å². The van der Waals surface area contributed by atoms with E-state index >= 15 is 0 Å². The Morgan fingerprint density at radius 2 is 0.806 bits per heavy atom. The van der Waals surface area contributed by atoms with Crippen LogP contribution in [0.15, 0.2) is 331 Å². The second kappa shape index (κ2) is 22.0. The van der Waals surface area contributed by atoms with E-state index in [9.17, 15) is 0 Å². The Kier molecular flexibility index (Phi) is 12.8. The molecule has 438 valence electrons. The predicted octanol–water partition coefficient (Wildman–Crippen LogP) is 25.5. The van der Waals surface area contributed by atoms with E-state index in [-0.39, 0.29) is 11.8 Å². The molecule has 0 spiro atoms. The highest BCUT2D eigenvalue weighted by atomic mass is 16.3. The number of hydrogen-bond donors (Lipinski definition) is 0. The Bertz CT molecular complexity index is 5940. The first-order valence-corrected chi connectivity index (χ1v) is 32.3. The third-order valence-corrected chi connectivity index (χ3v) is 19.6. The minimum Gasteiger partial charge on any atom is -0.455 e. The monoisotopic (exact) mass is 1190 g/mol. The zero-order valence-corrected chi connectivity index (χ0v) is 51.4. The number of furan rings is 2. The van der Waals surface area contributed by atoms with Gasteiger partial charge in [-0.05, 0) is 173 Å². The summed E-state index contributed by atoms with van der Waals surface area (Å²) >= 11 is 0. The quantitative estimate of drug-likeness (QED) is 0.0955. The number of nitrogens with zero attached hydrogens (tertiary/aromatic N) is 1. The first-order valence-electron chi connectivity index (χ1n) is 32.3. The summed E-state index contributed by atoms with van der Waals surface area (Å²) in [6.45, 7) is 6.33. The molecular weight excluding hydrogens is 1130 g/mol. The summed E-state index contributed by atoms with van der Waals surface area (Å²) in [6, 6.07) is 101. The Labute approximate surface area is 539 Å². The lowest BCUT2D eigenvalue weighted by molar-refractivity contribution is 0.670. The van der Waals surface area contributed by atoms with Gasteiger partial charge in [-0.1, -0.05) is 256 Å². The molecule has 3 nitrogen and oxygen atoms in total. The van der Waals surface area contributed by atoms with Crippen LogP contribution in [0.5, 0.6) is 0 Å². The van der Waals surface area contributed by atoms with E-state index in [1.807, 2.05) is 6.08 Å². The maximum atomic E-state index is 7.43. The molecule has 93 heavy (non-hydrogen) atoms. The van der Waals surface area contributed by atoms with E-state index in [2.05, 4.69) is 328 Å². The van der Waals surface area contributed by atoms with Gasteiger partial charge in [0.1, 0.15) is 22.3 Å². The van der Waals surface area contributed by atoms with Crippen LogP contribution in [0.25, 0.3) is 170 Å². The molecule has 1 aliphatic carbocycles. The summed E-state index contributed by atoms with van der Waals surface area (Å²) in [5.41, 5.74) is 22.4. The first-order chi connectivity index (χ1) is 46.0. The van der Waals surface area contributed by atoms with Gasteiger partial charge in [-0.15, -0.1) is 0 Å². The molecule has 14 aromatic carbocycles. The molecule has 0 amide bonds. The van der Waals surface area contributed by atoms with Crippen LogP contribution >= 0.6 is 0 Å². The second-order valence-electron chi connectivity index (χ2n) is 25.0. The lowest BCUT2D eigenvalue weighted by atomic mass is 9.88. The molecule has 2 atom stereocenters. The van der Waals surface area contributed by atoms with Gasteiger partial charge < -0.3 is 13.4 Å². The summed E-state index contributed by atoms with van der Waals surface area (Å²) < 4.78 is 17.4. The predicted molar refractivity (Wildman–Crippen MR) is 394 cm³/mol. The van der Waals surface area contributed by atoms with Gasteiger partial charge in [0.25, 0.3) is 0 Å². The minimum atomic E-state index is 0.0888. The number of hydrogen-bond acceptors (Lipinski definition) is 2. The van der Waals surface area contributed by atoms with Crippen LogP contribution in [0, 0.1) is 0 Å². The Balaban J connectivity index is 0.919. The van der Waals surface area contributed by atoms with Crippen molar-refractivity contribution in [3.05, 3.63) is 333 Å². The third-order valence-electron chi connectivity index (χ3n) is 19.6. The van der Waals surface area contributed by atoms with Crippen molar-refractivity contribution in [2.24, 2.45) is 0 Å². The number of rotatable bonds is 11. The van der Waals surface area contributed by atoms with Crippen molar-refractivity contribution in [3.8, 4) is 72.4 Å².